The fourth-order valence-electron chi connectivity index (χ4n) is 3.76. The van der Waals surface area contributed by atoms with E-state index < -0.39 is 0 Å². The number of nitrogens with one attached hydrogen (secondary N) is 1. The maximum absolute atomic E-state index is 12.9. The quantitative estimate of drug-likeness (QED) is 0.740. The largest absolute Gasteiger partial charge is 0.508 e. The van der Waals surface area contributed by atoms with Gasteiger partial charge in [0, 0.05) is 24.4 Å². The van der Waals surface area contributed by atoms with E-state index >= 15 is 0 Å². The lowest BCUT2D eigenvalue weighted by Crippen LogP contribution is -2.38. The Labute approximate surface area is 157 Å². The van der Waals surface area contributed by atoms with Crippen LogP contribution in [-0.4, -0.2) is 37.6 Å². The summed E-state index contributed by atoms with van der Waals surface area (Å²) in [4.78, 5) is 22.3. The first-order valence-corrected chi connectivity index (χ1v) is 9.03. The van der Waals surface area contributed by atoms with Gasteiger partial charge in [-0.2, -0.15) is 0 Å². The third-order valence-corrected chi connectivity index (χ3v) is 5.23. The van der Waals surface area contributed by atoms with Crippen molar-refractivity contribution >= 4 is 5.91 Å². The molecule has 0 bridgehead atoms. The number of benzene rings is 1. The minimum atomic E-state index is -0.0601. The van der Waals surface area contributed by atoms with Crippen LogP contribution >= 0.6 is 0 Å². The number of aromatic nitrogens is 3. The first-order chi connectivity index (χ1) is 13.0. The number of phenolic OH excluding ortho intramolecular Hbond substituents is 1. The number of rotatable bonds is 4. The normalized spacial score (nSPS) is 16.4. The molecule has 1 aliphatic heterocycles. The van der Waals surface area contributed by atoms with Gasteiger partial charge in [0.1, 0.15) is 11.5 Å². The van der Waals surface area contributed by atoms with E-state index in [1.807, 2.05) is 30.9 Å². The van der Waals surface area contributed by atoms with E-state index in [9.17, 15) is 9.90 Å². The van der Waals surface area contributed by atoms with Crippen molar-refractivity contribution in [1.29, 1.82) is 0 Å². The smallest absolute Gasteiger partial charge is 0.223 e. The summed E-state index contributed by atoms with van der Waals surface area (Å²) in [5.74, 6) is 1.01. The number of fused-ring (bicyclic) bond motifs is 1. The van der Waals surface area contributed by atoms with Crippen LogP contribution in [0.4, 0.5) is 0 Å². The number of aromatic amines is 1. The maximum Gasteiger partial charge on any atom is 0.223 e. The van der Waals surface area contributed by atoms with Crippen LogP contribution < -0.4 is 0 Å². The number of amides is 1. The molecule has 0 radical (unpaired) electrons. The van der Waals surface area contributed by atoms with Gasteiger partial charge in [-0.1, -0.05) is 17.3 Å². The Morgan fingerprint density at radius 2 is 2.26 bits per heavy atom. The molecule has 1 aromatic carbocycles. The van der Waals surface area contributed by atoms with Crippen LogP contribution in [-0.2, 0) is 17.8 Å². The van der Waals surface area contributed by atoms with Crippen molar-refractivity contribution < 1.29 is 14.4 Å². The highest BCUT2D eigenvalue weighted by Gasteiger charge is 2.31. The number of aromatic hydroxyl groups is 1. The lowest BCUT2D eigenvalue weighted by molar-refractivity contribution is -0.132. The van der Waals surface area contributed by atoms with Gasteiger partial charge in [0.2, 0.25) is 5.91 Å². The van der Waals surface area contributed by atoms with Gasteiger partial charge >= 0.3 is 0 Å². The van der Waals surface area contributed by atoms with Crippen molar-refractivity contribution in [3.63, 3.8) is 0 Å². The molecule has 0 aliphatic carbocycles. The average Bonchev–Trinajstić information content (AvgIpc) is 3.25. The monoisotopic (exact) mass is 366 g/mol. The highest BCUT2D eigenvalue weighted by Crippen LogP contribution is 2.33. The molecular formula is C20H22N4O3. The lowest BCUT2D eigenvalue weighted by atomic mass is 9.90. The number of nitrogens with zero attached hydrogens (tertiary/aromatic N) is 3. The second-order valence-corrected chi connectivity index (χ2v) is 6.99. The number of phenols is 1. The highest BCUT2D eigenvalue weighted by molar-refractivity contribution is 5.77. The Morgan fingerprint density at radius 1 is 1.41 bits per heavy atom. The zero-order chi connectivity index (χ0) is 19.0. The first kappa shape index (κ1) is 17.3. The van der Waals surface area contributed by atoms with Crippen LogP contribution in [0, 0.1) is 13.8 Å². The molecule has 2 aromatic heterocycles. The molecule has 3 aromatic rings. The van der Waals surface area contributed by atoms with E-state index in [-0.39, 0.29) is 17.6 Å². The van der Waals surface area contributed by atoms with Crippen molar-refractivity contribution in [2.24, 2.45) is 0 Å². The Bertz CT molecular complexity index is 956. The topological polar surface area (TPSA) is 95.3 Å². The van der Waals surface area contributed by atoms with Gasteiger partial charge in [-0.25, -0.2) is 4.98 Å². The first-order valence-electron chi connectivity index (χ1n) is 9.03. The maximum atomic E-state index is 12.9. The van der Waals surface area contributed by atoms with Gasteiger partial charge in [-0.3, -0.25) is 4.79 Å². The molecule has 2 N–H and O–H groups in total. The molecule has 0 spiro atoms. The van der Waals surface area contributed by atoms with Crippen molar-refractivity contribution in [2.45, 2.75) is 39.2 Å². The fourth-order valence-corrected chi connectivity index (χ4v) is 3.76. The summed E-state index contributed by atoms with van der Waals surface area (Å²) in [7, 11) is 0. The van der Waals surface area contributed by atoms with Gasteiger partial charge in [0.05, 0.1) is 30.0 Å². The molecular weight excluding hydrogens is 344 g/mol. The van der Waals surface area contributed by atoms with Crippen molar-refractivity contribution in [1.82, 2.24) is 20.0 Å². The number of carbonyl (C=O) groups is 1. The lowest BCUT2D eigenvalue weighted by Gasteiger charge is -2.32. The molecule has 1 atom stereocenters. The summed E-state index contributed by atoms with van der Waals surface area (Å²) in [5, 5.41) is 13.8. The number of aryl methyl sites for hydroxylation is 2. The Hall–Kier alpha value is -3.09. The molecule has 27 heavy (non-hydrogen) atoms. The van der Waals surface area contributed by atoms with E-state index in [2.05, 4.69) is 15.1 Å². The van der Waals surface area contributed by atoms with Crippen molar-refractivity contribution in [3.8, 4) is 5.75 Å². The molecule has 0 saturated carbocycles. The van der Waals surface area contributed by atoms with Gasteiger partial charge in [-0.05, 0) is 38.0 Å². The van der Waals surface area contributed by atoms with Crippen molar-refractivity contribution in [2.75, 3.05) is 6.54 Å². The second-order valence-electron chi connectivity index (χ2n) is 6.99. The van der Waals surface area contributed by atoms with Crippen LogP contribution in [0.3, 0.4) is 0 Å². The van der Waals surface area contributed by atoms with Crippen LogP contribution in [0.5, 0.6) is 5.75 Å². The molecule has 3 heterocycles. The van der Waals surface area contributed by atoms with Crippen molar-refractivity contribution in [3.05, 3.63) is 64.6 Å². The second kappa shape index (κ2) is 6.90. The average molecular weight is 366 g/mol. The zero-order valence-corrected chi connectivity index (χ0v) is 15.4. The summed E-state index contributed by atoms with van der Waals surface area (Å²) < 4.78 is 5.18. The molecule has 140 valence electrons. The molecule has 7 heteroatoms. The van der Waals surface area contributed by atoms with E-state index in [0.29, 0.717) is 25.9 Å². The number of carbonyl (C=O) groups excluding carboxylic acids is 1. The van der Waals surface area contributed by atoms with E-state index in [1.54, 1.807) is 18.5 Å². The Balaban J connectivity index is 1.53. The summed E-state index contributed by atoms with van der Waals surface area (Å²) in [5.41, 5.74) is 4.68. The summed E-state index contributed by atoms with van der Waals surface area (Å²) in [6.07, 6.45) is 2.68. The number of imidazole rings is 1. The van der Waals surface area contributed by atoms with Crippen LogP contribution in [0.1, 0.15) is 46.3 Å². The summed E-state index contributed by atoms with van der Waals surface area (Å²) >= 11 is 0. The molecule has 0 saturated heterocycles. The summed E-state index contributed by atoms with van der Waals surface area (Å²) in [6.45, 7) is 4.83. The molecule has 0 fully saturated rings. The predicted octanol–water partition coefficient (Wildman–Crippen LogP) is 2.83. The van der Waals surface area contributed by atoms with Crippen LogP contribution in [0.25, 0.3) is 0 Å². The van der Waals surface area contributed by atoms with Crippen LogP contribution in [0.2, 0.25) is 0 Å². The minimum absolute atomic E-state index is 0.0601. The van der Waals surface area contributed by atoms with E-state index in [0.717, 1.165) is 34.0 Å². The molecule has 1 aliphatic rings. The molecule has 4 rings (SSSR count). The Kier molecular flexibility index (Phi) is 4.43. The minimum Gasteiger partial charge on any atom is -0.508 e. The summed E-state index contributed by atoms with van der Waals surface area (Å²) in [6, 6.07) is 7.15. The number of hydrogen-bond donors (Lipinski definition) is 2. The van der Waals surface area contributed by atoms with E-state index in [4.69, 9.17) is 4.52 Å². The van der Waals surface area contributed by atoms with Gasteiger partial charge < -0.3 is 19.5 Å². The van der Waals surface area contributed by atoms with E-state index in [1.165, 1.54) is 0 Å². The SMILES string of the molecule is Cc1noc(C)c1CCC(=O)N1Cc2[nH]cnc2C(c2cccc(O)c2)C1. The fraction of sp³-hybridized carbons (Fsp3) is 0.350. The van der Waals surface area contributed by atoms with Gasteiger partial charge in [-0.15, -0.1) is 0 Å². The third kappa shape index (κ3) is 3.32. The standard InChI is InChI=1S/C20H22N4O3/c1-12-16(13(2)27-23-12)6-7-19(26)24-9-17(14-4-3-5-15(25)8-14)20-18(10-24)21-11-22-20/h3-5,8,11,17,25H,6-7,9-10H2,1-2H3,(H,21,22). The van der Waals surface area contributed by atoms with Gasteiger partial charge in [0.15, 0.2) is 0 Å². The van der Waals surface area contributed by atoms with Gasteiger partial charge in [0.25, 0.3) is 0 Å². The number of H-pyrrole nitrogens is 1. The number of hydrogen-bond acceptors (Lipinski definition) is 5. The Morgan fingerprint density at radius 3 is 3.00 bits per heavy atom. The highest BCUT2D eigenvalue weighted by atomic mass is 16.5. The molecule has 1 amide bonds. The van der Waals surface area contributed by atoms with Crippen LogP contribution in [0.15, 0.2) is 35.1 Å². The third-order valence-electron chi connectivity index (χ3n) is 5.23. The molecule has 7 nitrogen and oxygen atoms in total. The predicted molar refractivity (Wildman–Crippen MR) is 98.3 cm³/mol. The molecule has 1 unspecified atom stereocenters. The zero-order valence-electron chi connectivity index (χ0n) is 15.4.